The molecule has 1 aliphatic rings. The van der Waals surface area contributed by atoms with E-state index in [1.807, 2.05) is 12.1 Å². The third kappa shape index (κ3) is 3.85. The summed E-state index contributed by atoms with van der Waals surface area (Å²) in [6.45, 7) is 3.68. The first-order chi connectivity index (χ1) is 15.4. The van der Waals surface area contributed by atoms with Gasteiger partial charge in [0.2, 0.25) is 0 Å². The number of esters is 1. The van der Waals surface area contributed by atoms with E-state index in [0.717, 1.165) is 5.56 Å². The second kappa shape index (κ2) is 8.84. The molecule has 0 saturated heterocycles. The van der Waals surface area contributed by atoms with Crippen LogP contribution in [0.15, 0.2) is 69.6 Å². The number of hydrogen-bond acceptors (Lipinski definition) is 7. The molecule has 7 nitrogen and oxygen atoms in total. The largest absolute Gasteiger partial charge is 0.507 e. The minimum atomic E-state index is -0.692. The van der Waals surface area contributed by atoms with Crippen molar-refractivity contribution in [2.45, 2.75) is 19.9 Å². The number of phenols is 1. The summed E-state index contributed by atoms with van der Waals surface area (Å²) in [5.41, 5.74) is 1.78. The van der Waals surface area contributed by atoms with Crippen LogP contribution in [0.5, 0.6) is 11.5 Å². The molecule has 0 saturated carbocycles. The standard InChI is InChI=1S/C24H22N2O5S/c1-4-31-23(29)20-14(2)25-24-26(21(20)15-9-11-17(30-3)12-10-15)22(28)19(32-24)13-16-7-5-6-8-18(16)27/h5-13,21,27H,4H2,1-3H3/b19-13-/t21-/m0/s1. The van der Waals surface area contributed by atoms with E-state index in [1.54, 1.807) is 63.4 Å². The van der Waals surface area contributed by atoms with Crippen molar-refractivity contribution in [2.24, 2.45) is 4.99 Å². The SMILES string of the molecule is CCOC(=O)C1=C(C)N=c2s/c(=C\c3ccccc3O)c(=O)n2[C@H]1c1ccc(OC)cc1. The van der Waals surface area contributed by atoms with Crippen LogP contribution in [0.1, 0.15) is 31.0 Å². The molecule has 1 aromatic heterocycles. The predicted molar refractivity (Wildman–Crippen MR) is 121 cm³/mol. The zero-order valence-corrected chi connectivity index (χ0v) is 18.7. The second-order valence-electron chi connectivity index (χ2n) is 7.13. The number of rotatable bonds is 5. The molecule has 0 aliphatic carbocycles. The third-order valence-electron chi connectivity index (χ3n) is 5.17. The molecule has 0 spiro atoms. The van der Waals surface area contributed by atoms with E-state index in [4.69, 9.17) is 9.47 Å². The van der Waals surface area contributed by atoms with Gasteiger partial charge in [0.25, 0.3) is 5.56 Å². The predicted octanol–water partition coefficient (Wildman–Crippen LogP) is 2.51. The van der Waals surface area contributed by atoms with Gasteiger partial charge in [-0.2, -0.15) is 0 Å². The van der Waals surface area contributed by atoms with Crippen LogP contribution in [-0.2, 0) is 9.53 Å². The maximum absolute atomic E-state index is 13.5. The lowest BCUT2D eigenvalue weighted by molar-refractivity contribution is -0.139. The molecular weight excluding hydrogens is 428 g/mol. The van der Waals surface area contributed by atoms with E-state index in [0.29, 0.717) is 31.9 Å². The summed E-state index contributed by atoms with van der Waals surface area (Å²) in [5.74, 6) is 0.233. The van der Waals surface area contributed by atoms with Crippen LogP contribution in [0.2, 0.25) is 0 Å². The van der Waals surface area contributed by atoms with Crippen molar-refractivity contribution >= 4 is 23.4 Å². The topological polar surface area (TPSA) is 90.1 Å². The summed E-state index contributed by atoms with van der Waals surface area (Å²) in [6, 6.07) is 13.3. The van der Waals surface area contributed by atoms with Crippen LogP contribution in [0.25, 0.3) is 6.08 Å². The minimum absolute atomic E-state index is 0.0773. The highest BCUT2D eigenvalue weighted by Crippen LogP contribution is 2.31. The lowest BCUT2D eigenvalue weighted by Crippen LogP contribution is -2.39. The van der Waals surface area contributed by atoms with Crippen molar-refractivity contribution in [3.63, 3.8) is 0 Å². The highest BCUT2D eigenvalue weighted by Gasteiger charge is 2.33. The van der Waals surface area contributed by atoms with Gasteiger partial charge in [-0.3, -0.25) is 9.36 Å². The van der Waals surface area contributed by atoms with Gasteiger partial charge in [0.05, 0.1) is 35.6 Å². The molecule has 1 atom stereocenters. The van der Waals surface area contributed by atoms with E-state index in [-0.39, 0.29) is 17.9 Å². The van der Waals surface area contributed by atoms with Crippen LogP contribution in [0, 0.1) is 0 Å². The maximum Gasteiger partial charge on any atom is 0.338 e. The average molecular weight is 451 g/mol. The number of carbonyl (C=O) groups excluding carboxylic acids is 1. The number of carbonyl (C=O) groups is 1. The molecule has 0 fully saturated rings. The molecule has 32 heavy (non-hydrogen) atoms. The Morgan fingerprint density at radius 2 is 1.94 bits per heavy atom. The van der Waals surface area contributed by atoms with Gasteiger partial charge in [-0.15, -0.1) is 0 Å². The van der Waals surface area contributed by atoms with Gasteiger partial charge in [-0.1, -0.05) is 41.7 Å². The normalized spacial score (nSPS) is 15.8. The van der Waals surface area contributed by atoms with Gasteiger partial charge < -0.3 is 14.6 Å². The van der Waals surface area contributed by atoms with Crippen molar-refractivity contribution in [2.75, 3.05) is 13.7 Å². The quantitative estimate of drug-likeness (QED) is 0.604. The van der Waals surface area contributed by atoms with Gasteiger partial charge in [0.15, 0.2) is 4.80 Å². The van der Waals surface area contributed by atoms with Crippen LogP contribution in [0.4, 0.5) is 0 Å². The van der Waals surface area contributed by atoms with E-state index in [2.05, 4.69) is 4.99 Å². The van der Waals surface area contributed by atoms with Gasteiger partial charge in [0.1, 0.15) is 11.5 Å². The number of fused-ring (bicyclic) bond motifs is 1. The third-order valence-corrected chi connectivity index (χ3v) is 6.15. The Balaban J connectivity index is 1.96. The number of ether oxygens (including phenoxy) is 2. The Kier molecular flexibility index (Phi) is 5.96. The van der Waals surface area contributed by atoms with Gasteiger partial charge in [0, 0.05) is 5.56 Å². The van der Waals surface area contributed by atoms with Gasteiger partial charge in [-0.05, 0) is 43.7 Å². The average Bonchev–Trinajstić information content (AvgIpc) is 3.09. The first kappa shape index (κ1) is 21.6. The van der Waals surface area contributed by atoms with Crippen LogP contribution < -0.4 is 19.6 Å². The summed E-state index contributed by atoms with van der Waals surface area (Å²) < 4.78 is 12.5. The number of nitrogens with zero attached hydrogens (tertiary/aromatic N) is 2. The molecule has 2 heterocycles. The number of methoxy groups -OCH3 is 1. The summed E-state index contributed by atoms with van der Waals surface area (Å²) in [7, 11) is 1.57. The fourth-order valence-corrected chi connectivity index (χ4v) is 4.68. The highest BCUT2D eigenvalue weighted by atomic mass is 32.1. The molecule has 2 aromatic carbocycles. The van der Waals surface area contributed by atoms with Crippen molar-refractivity contribution in [1.82, 2.24) is 4.57 Å². The van der Waals surface area contributed by atoms with Gasteiger partial charge in [-0.25, -0.2) is 9.79 Å². The molecular formula is C24H22N2O5S. The van der Waals surface area contributed by atoms with Gasteiger partial charge >= 0.3 is 5.97 Å². The number of para-hydroxylation sites is 1. The Morgan fingerprint density at radius 1 is 1.22 bits per heavy atom. The lowest BCUT2D eigenvalue weighted by atomic mass is 9.96. The molecule has 0 unspecified atom stereocenters. The molecule has 8 heteroatoms. The van der Waals surface area contributed by atoms with Crippen LogP contribution in [0.3, 0.4) is 0 Å². The van der Waals surface area contributed by atoms with E-state index in [1.165, 1.54) is 15.9 Å². The number of hydrogen-bond donors (Lipinski definition) is 1. The van der Waals surface area contributed by atoms with E-state index in [9.17, 15) is 14.7 Å². The first-order valence-corrected chi connectivity index (χ1v) is 10.9. The number of aromatic nitrogens is 1. The molecule has 1 N–H and O–H groups in total. The molecule has 0 bridgehead atoms. The zero-order chi connectivity index (χ0) is 22.8. The smallest absolute Gasteiger partial charge is 0.338 e. The number of aromatic hydroxyl groups is 1. The zero-order valence-electron chi connectivity index (χ0n) is 17.9. The molecule has 0 radical (unpaired) electrons. The second-order valence-corrected chi connectivity index (χ2v) is 8.14. The molecule has 3 aromatic rings. The summed E-state index contributed by atoms with van der Waals surface area (Å²) in [6.07, 6.45) is 1.63. The summed E-state index contributed by atoms with van der Waals surface area (Å²) in [4.78, 5) is 31.3. The van der Waals surface area contributed by atoms with Crippen molar-refractivity contribution in [1.29, 1.82) is 0 Å². The van der Waals surface area contributed by atoms with Crippen LogP contribution in [-0.4, -0.2) is 29.4 Å². The number of benzene rings is 2. The van der Waals surface area contributed by atoms with Crippen molar-refractivity contribution in [3.05, 3.63) is 90.6 Å². The number of allylic oxidation sites excluding steroid dienone is 1. The Labute approximate surface area is 188 Å². The van der Waals surface area contributed by atoms with E-state index >= 15 is 0 Å². The molecule has 1 aliphatic heterocycles. The lowest BCUT2D eigenvalue weighted by Gasteiger charge is -2.24. The highest BCUT2D eigenvalue weighted by molar-refractivity contribution is 7.07. The minimum Gasteiger partial charge on any atom is -0.507 e. The monoisotopic (exact) mass is 450 g/mol. The summed E-state index contributed by atoms with van der Waals surface area (Å²) in [5, 5.41) is 10.1. The Morgan fingerprint density at radius 3 is 2.59 bits per heavy atom. The maximum atomic E-state index is 13.5. The fraction of sp³-hybridized carbons (Fsp3) is 0.208. The Hall–Kier alpha value is -3.65. The van der Waals surface area contributed by atoms with E-state index < -0.39 is 12.0 Å². The summed E-state index contributed by atoms with van der Waals surface area (Å²) >= 11 is 1.21. The Bertz CT molecular complexity index is 1380. The van der Waals surface area contributed by atoms with Crippen molar-refractivity contribution < 1.29 is 19.4 Å². The molecule has 4 rings (SSSR count). The van der Waals surface area contributed by atoms with Crippen molar-refractivity contribution in [3.8, 4) is 11.5 Å². The number of phenolic OH excluding ortho intramolecular Hbond substituents is 1. The van der Waals surface area contributed by atoms with Crippen LogP contribution >= 0.6 is 11.3 Å². The molecule has 164 valence electrons. The number of thiazole rings is 1. The first-order valence-electron chi connectivity index (χ1n) is 10.1. The fourth-order valence-electron chi connectivity index (χ4n) is 3.64. The molecule has 0 amide bonds.